The lowest BCUT2D eigenvalue weighted by Crippen LogP contribution is -1.87. The molecule has 0 bridgehead atoms. The van der Waals surface area contributed by atoms with Crippen molar-refractivity contribution in [3.05, 3.63) is 11.6 Å². The van der Waals surface area contributed by atoms with Gasteiger partial charge in [-0.25, -0.2) is 0 Å². The number of hydrogen-bond donors (Lipinski definition) is 0. The Hall–Kier alpha value is -0.260. The summed E-state index contributed by atoms with van der Waals surface area (Å²) in [4.78, 5) is 0. The molecule has 0 aromatic heterocycles. The summed E-state index contributed by atoms with van der Waals surface area (Å²) in [5.74, 6) is 0.733. The molecule has 0 aliphatic rings. The van der Waals surface area contributed by atoms with Crippen molar-refractivity contribution in [1.29, 1.82) is 0 Å². The van der Waals surface area contributed by atoms with Gasteiger partial charge in [0.2, 0.25) is 0 Å². The van der Waals surface area contributed by atoms with E-state index in [1.165, 1.54) is 18.4 Å². The first kappa shape index (κ1) is 12.4. The van der Waals surface area contributed by atoms with Gasteiger partial charge in [-0.2, -0.15) is 0 Å². The molecular formula is C10H22. The summed E-state index contributed by atoms with van der Waals surface area (Å²) in [6.07, 6.45) is 4.85. The van der Waals surface area contributed by atoms with Crippen LogP contribution < -0.4 is 0 Å². The van der Waals surface area contributed by atoms with Crippen LogP contribution in [0.1, 0.15) is 48.0 Å². The molecule has 10 heavy (non-hydrogen) atoms. The molecule has 0 aromatic carbocycles. The minimum atomic E-state index is 0. The van der Waals surface area contributed by atoms with Gasteiger partial charge in [0.1, 0.15) is 0 Å². The van der Waals surface area contributed by atoms with Crippen molar-refractivity contribution >= 4 is 0 Å². The quantitative estimate of drug-likeness (QED) is 0.522. The van der Waals surface area contributed by atoms with Gasteiger partial charge in [0.05, 0.1) is 0 Å². The third-order valence-electron chi connectivity index (χ3n) is 1.67. The molecular weight excluding hydrogens is 120 g/mol. The lowest BCUT2D eigenvalue weighted by atomic mass is 10.0. The molecule has 0 aromatic rings. The maximum absolute atomic E-state index is 2.34. The Morgan fingerprint density at radius 3 is 2.20 bits per heavy atom. The predicted octanol–water partition coefficient (Wildman–Crippen LogP) is 4.02. The average molecular weight is 142 g/mol. The zero-order valence-corrected chi connectivity index (χ0v) is 7.07. The molecule has 0 nitrogen and oxygen atoms in total. The van der Waals surface area contributed by atoms with Crippen LogP contribution >= 0.6 is 0 Å². The topological polar surface area (TPSA) is 0 Å². The van der Waals surface area contributed by atoms with E-state index < -0.39 is 0 Å². The standard InChI is InChI=1S/C9H18.CH4/c1-5-6-7-9(4)8(2)3;/h7-8H,5-6H2,1-4H3;1H4. The Kier molecular flexibility index (Phi) is 8.51. The largest absolute Gasteiger partial charge is 0.0854 e. The van der Waals surface area contributed by atoms with Crippen molar-refractivity contribution in [2.45, 2.75) is 48.0 Å². The number of allylic oxidation sites excluding steroid dienone is 2. The Morgan fingerprint density at radius 2 is 1.90 bits per heavy atom. The normalized spacial score (nSPS) is 11.5. The van der Waals surface area contributed by atoms with Crippen molar-refractivity contribution in [1.82, 2.24) is 0 Å². The summed E-state index contributed by atoms with van der Waals surface area (Å²) in [7, 11) is 0. The summed E-state index contributed by atoms with van der Waals surface area (Å²) >= 11 is 0. The van der Waals surface area contributed by atoms with E-state index >= 15 is 0 Å². The fourth-order valence-corrected chi connectivity index (χ4v) is 0.608. The Morgan fingerprint density at radius 1 is 1.40 bits per heavy atom. The molecule has 0 rings (SSSR count). The van der Waals surface area contributed by atoms with Crippen LogP contribution in [0.25, 0.3) is 0 Å². The molecule has 0 unspecified atom stereocenters. The van der Waals surface area contributed by atoms with E-state index in [0.717, 1.165) is 5.92 Å². The molecule has 0 heterocycles. The summed E-state index contributed by atoms with van der Waals surface area (Å²) in [5, 5.41) is 0. The highest BCUT2D eigenvalue weighted by Gasteiger charge is 1.92. The fraction of sp³-hybridized carbons (Fsp3) is 0.800. The van der Waals surface area contributed by atoms with Gasteiger partial charge in [-0.05, 0) is 19.3 Å². The van der Waals surface area contributed by atoms with Crippen molar-refractivity contribution < 1.29 is 0 Å². The molecule has 0 N–H and O–H groups in total. The summed E-state index contributed by atoms with van der Waals surface area (Å²) in [5.41, 5.74) is 1.52. The zero-order chi connectivity index (χ0) is 7.28. The van der Waals surface area contributed by atoms with Gasteiger partial charge in [0.25, 0.3) is 0 Å². The van der Waals surface area contributed by atoms with Crippen LogP contribution in [0, 0.1) is 5.92 Å². The molecule has 0 heteroatoms. The Labute approximate surface area is 66.3 Å². The molecule has 0 aliphatic heterocycles. The van der Waals surface area contributed by atoms with Gasteiger partial charge in [0.15, 0.2) is 0 Å². The van der Waals surface area contributed by atoms with Crippen molar-refractivity contribution in [2.24, 2.45) is 5.92 Å². The van der Waals surface area contributed by atoms with Crippen LogP contribution in [0.3, 0.4) is 0 Å². The molecule has 0 fully saturated rings. The van der Waals surface area contributed by atoms with Crippen LogP contribution in [-0.4, -0.2) is 0 Å². The van der Waals surface area contributed by atoms with Crippen LogP contribution in [0.15, 0.2) is 11.6 Å². The van der Waals surface area contributed by atoms with Crippen LogP contribution in [0.2, 0.25) is 0 Å². The van der Waals surface area contributed by atoms with Crippen molar-refractivity contribution in [3.8, 4) is 0 Å². The van der Waals surface area contributed by atoms with Gasteiger partial charge in [0, 0.05) is 0 Å². The lowest BCUT2D eigenvalue weighted by Gasteiger charge is -2.02. The van der Waals surface area contributed by atoms with E-state index in [-0.39, 0.29) is 7.43 Å². The second kappa shape index (κ2) is 6.85. The molecule has 0 aliphatic carbocycles. The molecule has 62 valence electrons. The van der Waals surface area contributed by atoms with Crippen LogP contribution in [-0.2, 0) is 0 Å². The van der Waals surface area contributed by atoms with Gasteiger partial charge >= 0.3 is 0 Å². The maximum atomic E-state index is 2.34. The predicted molar refractivity (Wildman–Crippen MR) is 50.2 cm³/mol. The van der Waals surface area contributed by atoms with Gasteiger partial charge in [-0.15, -0.1) is 0 Å². The third-order valence-corrected chi connectivity index (χ3v) is 1.67. The van der Waals surface area contributed by atoms with E-state index in [9.17, 15) is 0 Å². The minimum absolute atomic E-state index is 0. The Balaban J connectivity index is 0. The smallest absolute Gasteiger partial charge is 0.0263 e. The van der Waals surface area contributed by atoms with Crippen LogP contribution in [0.4, 0.5) is 0 Å². The highest BCUT2D eigenvalue weighted by atomic mass is 14.0. The average Bonchev–Trinajstić information content (AvgIpc) is 1.82. The Bertz CT molecular complexity index is 88.2. The van der Waals surface area contributed by atoms with E-state index in [2.05, 4.69) is 33.8 Å². The SMILES string of the molecule is C.CCCC=C(C)C(C)C. The van der Waals surface area contributed by atoms with Gasteiger partial charge in [-0.1, -0.05) is 46.3 Å². The lowest BCUT2D eigenvalue weighted by molar-refractivity contribution is 0.757. The molecule has 0 saturated heterocycles. The van der Waals surface area contributed by atoms with Gasteiger partial charge in [-0.3, -0.25) is 0 Å². The number of rotatable bonds is 3. The molecule has 0 saturated carbocycles. The first-order valence-corrected chi connectivity index (χ1v) is 3.85. The zero-order valence-electron chi connectivity index (χ0n) is 7.07. The highest BCUT2D eigenvalue weighted by molar-refractivity contribution is 5.00. The first-order valence-electron chi connectivity index (χ1n) is 3.85. The number of hydrogen-bond acceptors (Lipinski definition) is 0. The van der Waals surface area contributed by atoms with Gasteiger partial charge < -0.3 is 0 Å². The second-order valence-electron chi connectivity index (χ2n) is 2.89. The summed E-state index contributed by atoms with van der Waals surface area (Å²) in [6, 6.07) is 0. The third kappa shape index (κ3) is 5.87. The van der Waals surface area contributed by atoms with Crippen molar-refractivity contribution in [2.75, 3.05) is 0 Å². The van der Waals surface area contributed by atoms with E-state index in [1.807, 2.05) is 0 Å². The molecule has 0 atom stereocenters. The molecule has 0 spiro atoms. The molecule has 0 amide bonds. The number of unbranched alkanes of at least 4 members (excludes halogenated alkanes) is 1. The molecule has 0 radical (unpaired) electrons. The van der Waals surface area contributed by atoms with E-state index in [1.54, 1.807) is 0 Å². The highest BCUT2D eigenvalue weighted by Crippen LogP contribution is 2.08. The second-order valence-corrected chi connectivity index (χ2v) is 2.89. The fourth-order valence-electron chi connectivity index (χ4n) is 0.608. The van der Waals surface area contributed by atoms with Crippen molar-refractivity contribution in [3.63, 3.8) is 0 Å². The first-order chi connectivity index (χ1) is 4.18. The maximum Gasteiger partial charge on any atom is -0.0263 e. The minimum Gasteiger partial charge on any atom is -0.0854 e. The summed E-state index contributed by atoms with van der Waals surface area (Å²) < 4.78 is 0. The van der Waals surface area contributed by atoms with Crippen LogP contribution in [0.5, 0.6) is 0 Å². The van der Waals surface area contributed by atoms with E-state index in [4.69, 9.17) is 0 Å². The summed E-state index contributed by atoms with van der Waals surface area (Å²) in [6.45, 7) is 8.90. The van der Waals surface area contributed by atoms with E-state index in [0.29, 0.717) is 0 Å². The monoisotopic (exact) mass is 142 g/mol.